The molecule has 7 heteroatoms. The van der Waals surface area contributed by atoms with Gasteiger partial charge in [0.25, 0.3) is 0 Å². The van der Waals surface area contributed by atoms with Crippen LogP contribution in [-0.2, 0) is 25.4 Å². The second-order valence-electron chi connectivity index (χ2n) is 6.49. The van der Waals surface area contributed by atoms with E-state index >= 15 is 0 Å². The van der Waals surface area contributed by atoms with Crippen LogP contribution in [-0.4, -0.2) is 24.4 Å². The van der Waals surface area contributed by atoms with Crippen molar-refractivity contribution in [3.63, 3.8) is 0 Å². The van der Waals surface area contributed by atoms with Gasteiger partial charge in [0.1, 0.15) is 0 Å². The maximum Gasteiger partial charge on any atom is 0.214 e. The first-order valence-corrected chi connectivity index (χ1v) is 8.30. The zero-order chi connectivity index (χ0) is 15.9. The normalized spacial score (nSPS) is 12.2. The Morgan fingerprint density at radius 1 is 1.23 bits per heavy atom. The molecule has 0 saturated carbocycles. The lowest BCUT2D eigenvalue weighted by atomic mass is 9.93. The molecule has 22 heavy (non-hydrogen) atoms. The van der Waals surface area contributed by atoms with E-state index in [1.165, 1.54) is 5.56 Å². The van der Waals surface area contributed by atoms with Crippen molar-refractivity contribution in [2.45, 2.75) is 46.1 Å². The fourth-order valence-corrected chi connectivity index (χ4v) is 3.11. The minimum absolute atomic E-state index is 0.0484. The first-order chi connectivity index (χ1) is 10.4. The summed E-state index contributed by atoms with van der Waals surface area (Å²) in [5, 5.41) is 13.3. The molecule has 0 radical (unpaired) electrons. The number of anilines is 1. The molecular weight excluding hydrogens is 296 g/mol. The molecule has 6 nitrogen and oxygen atoms in total. The average Bonchev–Trinajstić information content (AvgIpc) is 3.06. The predicted octanol–water partition coefficient (Wildman–Crippen LogP) is 3.00. The van der Waals surface area contributed by atoms with Crippen molar-refractivity contribution < 1.29 is 0 Å². The maximum atomic E-state index is 4.66. The van der Waals surface area contributed by atoms with Crippen LogP contribution in [0.2, 0.25) is 0 Å². The van der Waals surface area contributed by atoms with Crippen LogP contribution in [0, 0.1) is 0 Å². The van der Waals surface area contributed by atoms with E-state index in [0.29, 0.717) is 0 Å². The zero-order valence-electron chi connectivity index (χ0n) is 13.7. The highest BCUT2D eigenvalue weighted by Gasteiger charge is 2.19. The summed E-state index contributed by atoms with van der Waals surface area (Å²) in [4.78, 5) is 5.59. The lowest BCUT2D eigenvalue weighted by Gasteiger charge is -2.13. The second kappa shape index (κ2) is 5.39. The van der Waals surface area contributed by atoms with E-state index in [-0.39, 0.29) is 5.41 Å². The SMILES string of the molecule is CCc1nn(C)cc1CNc1nn2cc(C(C)(C)C)nc2s1. The topological polar surface area (TPSA) is 60.0 Å². The third-order valence-electron chi connectivity index (χ3n) is 3.57. The van der Waals surface area contributed by atoms with Gasteiger partial charge in [-0.2, -0.15) is 5.10 Å². The van der Waals surface area contributed by atoms with E-state index in [2.05, 4.69) is 54.4 Å². The van der Waals surface area contributed by atoms with E-state index in [1.807, 2.05) is 22.4 Å². The number of hydrogen-bond acceptors (Lipinski definition) is 5. The number of fused-ring (bicyclic) bond motifs is 1. The molecule has 0 amide bonds. The monoisotopic (exact) mass is 318 g/mol. The minimum atomic E-state index is 0.0484. The van der Waals surface area contributed by atoms with Crippen LogP contribution in [0.3, 0.4) is 0 Å². The van der Waals surface area contributed by atoms with Crippen LogP contribution in [0.5, 0.6) is 0 Å². The largest absolute Gasteiger partial charge is 0.356 e. The first kappa shape index (κ1) is 15.0. The average molecular weight is 318 g/mol. The number of hydrogen-bond donors (Lipinski definition) is 1. The van der Waals surface area contributed by atoms with E-state index in [4.69, 9.17) is 0 Å². The third kappa shape index (κ3) is 2.85. The van der Waals surface area contributed by atoms with Crippen LogP contribution in [0.15, 0.2) is 12.4 Å². The number of rotatable bonds is 4. The smallest absolute Gasteiger partial charge is 0.214 e. The fraction of sp³-hybridized carbons (Fsp3) is 0.533. The summed E-state index contributed by atoms with van der Waals surface area (Å²) in [6.45, 7) is 9.34. The van der Waals surface area contributed by atoms with Crippen LogP contribution < -0.4 is 5.32 Å². The Balaban J connectivity index is 1.76. The molecule has 0 aliphatic carbocycles. The summed E-state index contributed by atoms with van der Waals surface area (Å²) in [7, 11) is 1.95. The maximum absolute atomic E-state index is 4.66. The molecule has 0 aromatic carbocycles. The molecule has 0 bridgehead atoms. The molecule has 0 aliphatic rings. The summed E-state index contributed by atoms with van der Waals surface area (Å²) < 4.78 is 3.72. The van der Waals surface area contributed by atoms with Gasteiger partial charge in [0.2, 0.25) is 10.1 Å². The van der Waals surface area contributed by atoms with Crippen LogP contribution >= 0.6 is 11.3 Å². The van der Waals surface area contributed by atoms with Gasteiger partial charge in [0.05, 0.1) is 17.6 Å². The first-order valence-electron chi connectivity index (χ1n) is 7.49. The number of aromatic nitrogens is 5. The van der Waals surface area contributed by atoms with Crippen LogP contribution in [0.1, 0.15) is 44.6 Å². The highest BCUT2D eigenvalue weighted by Crippen LogP contribution is 2.26. The molecule has 0 atom stereocenters. The number of nitrogens with zero attached hydrogens (tertiary/aromatic N) is 5. The molecular formula is C15H22N6S. The highest BCUT2D eigenvalue weighted by atomic mass is 32.1. The fourth-order valence-electron chi connectivity index (χ4n) is 2.33. The molecule has 118 valence electrons. The number of nitrogens with one attached hydrogen (secondary N) is 1. The molecule has 3 aromatic rings. The van der Waals surface area contributed by atoms with Gasteiger partial charge in [0.15, 0.2) is 0 Å². The van der Waals surface area contributed by atoms with Gasteiger partial charge in [-0.1, -0.05) is 39.0 Å². The van der Waals surface area contributed by atoms with Crippen molar-refractivity contribution >= 4 is 21.4 Å². The van der Waals surface area contributed by atoms with Gasteiger partial charge in [-0.05, 0) is 6.42 Å². The van der Waals surface area contributed by atoms with Gasteiger partial charge >= 0.3 is 0 Å². The number of imidazole rings is 1. The number of aryl methyl sites for hydroxylation is 2. The van der Waals surface area contributed by atoms with Crippen molar-refractivity contribution in [1.29, 1.82) is 0 Å². The van der Waals surface area contributed by atoms with Crippen molar-refractivity contribution in [2.75, 3.05) is 5.32 Å². The van der Waals surface area contributed by atoms with Crippen molar-refractivity contribution in [1.82, 2.24) is 24.4 Å². The van der Waals surface area contributed by atoms with Gasteiger partial charge in [-0.15, -0.1) is 5.10 Å². The summed E-state index contributed by atoms with van der Waals surface area (Å²) in [6.07, 6.45) is 5.01. The molecule has 0 spiro atoms. The molecule has 0 unspecified atom stereocenters. The molecule has 3 rings (SSSR count). The highest BCUT2D eigenvalue weighted by molar-refractivity contribution is 7.20. The summed E-state index contributed by atoms with van der Waals surface area (Å²) in [6, 6.07) is 0. The van der Waals surface area contributed by atoms with E-state index in [1.54, 1.807) is 11.3 Å². The van der Waals surface area contributed by atoms with E-state index in [9.17, 15) is 0 Å². The molecule has 1 N–H and O–H groups in total. The summed E-state index contributed by atoms with van der Waals surface area (Å²) in [5.74, 6) is 0. The predicted molar refractivity (Wildman–Crippen MR) is 89.5 cm³/mol. The Morgan fingerprint density at radius 2 is 2.00 bits per heavy atom. The Bertz CT molecular complexity index is 757. The van der Waals surface area contributed by atoms with E-state index in [0.717, 1.165) is 34.4 Å². The quantitative estimate of drug-likeness (QED) is 0.803. The molecule has 0 aliphatic heterocycles. The van der Waals surface area contributed by atoms with Gasteiger partial charge in [0, 0.05) is 30.8 Å². The van der Waals surface area contributed by atoms with Gasteiger partial charge < -0.3 is 5.32 Å². The van der Waals surface area contributed by atoms with E-state index < -0.39 is 0 Å². The molecule has 0 fully saturated rings. The van der Waals surface area contributed by atoms with Crippen LogP contribution in [0.4, 0.5) is 5.13 Å². The van der Waals surface area contributed by atoms with Crippen LogP contribution in [0.25, 0.3) is 4.96 Å². The Hall–Kier alpha value is -1.89. The molecule has 0 saturated heterocycles. The third-order valence-corrected chi connectivity index (χ3v) is 4.45. The Morgan fingerprint density at radius 3 is 2.64 bits per heavy atom. The zero-order valence-corrected chi connectivity index (χ0v) is 14.5. The Kier molecular flexibility index (Phi) is 3.68. The van der Waals surface area contributed by atoms with Crippen molar-refractivity contribution in [3.05, 3.63) is 29.3 Å². The van der Waals surface area contributed by atoms with Crippen molar-refractivity contribution in [2.24, 2.45) is 7.05 Å². The lowest BCUT2D eigenvalue weighted by molar-refractivity contribution is 0.572. The summed E-state index contributed by atoms with van der Waals surface area (Å²) >= 11 is 1.58. The summed E-state index contributed by atoms with van der Waals surface area (Å²) in [5.41, 5.74) is 3.46. The van der Waals surface area contributed by atoms with Gasteiger partial charge in [-0.25, -0.2) is 9.50 Å². The lowest BCUT2D eigenvalue weighted by Crippen LogP contribution is -2.11. The Labute approximate surface area is 134 Å². The molecule has 3 aromatic heterocycles. The second-order valence-corrected chi connectivity index (χ2v) is 7.45. The standard InChI is InChI=1S/C15H22N6S/c1-6-11-10(8-20(5)18-11)7-16-13-19-21-9-12(15(2,3)4)17-14(21)22-13/h8-9H,6-7H2,1-5H3,(H,16,19). The van der Waals surface area contributed by atoms with Gasteiger partial charge in [-0.3, -0.25) is 4.68 Å². The van der Waals surface area contributed by atoms with Crippen molar-refractivity contribution in [3.8, 4) is 0 Å². The minimum Gasteiger partial charge on any atom is -0.356 e. The molecule has 3 heterocycles.